The van der Waals surface area contributed by atoms with E-state index in [1.807, 2.05) is 48.5 Å². The minimum atomic E-state index is -0.838. The van der Waals surface area contributed by atoms with Gasteiger partial charge in [-0.25, -0.2) is 0 Å². The number of benzene rings is 3. The zero-order chi connectivity index (χ0) is 15.5. The van der Waals surface area contributed by atoms with Gasteiger partial charge in [-0.05, 0) is 40.5 Å². The van der Waals surface area contributed by atoms with Gasteiger partial charge in [-0.3, -0.25) is 4.79 Å². The van der Waals surface area contributed by atoms with Crippen LogP contribution in [0, 0.1) is 0 Å². The van der Waals surface area contributed by atoms with Gasteiger partial charge in [0.25, 0.3) is 0 Å². The first-order valence-electron chi connectivity index (χ1n) is 7.10. The summed E-state index contributed by atoms with van der Waals surface area (Å²) in [5.41, 5.74) is 1.76. The van der Waals surface area contributed by atoms with E-state index >= 15 is 0 Å². The maximum atomic E-state index is 11.7. The van der Waals surface area contributed by atoms with Gasteiger partial charge in [-0.15, -0.1) is 0 Å². The van der Waals surface area contributed by atoms with Crippen LogP contribution in [0.5, 0.6) is 0 Å². The van der Waals surface area contributed by atoms with Crippen LogP contribution in [0.15, 0.2) is 66.7 Å². The standard InChI is InChI=1S/C19H15ClO2/c20-16-9-4-8-14(11-16)18(19(21)22)12-15-7-3-6-13-5-1-2-10-17(13)15/h1-11,18H,12H2,(H,21,22). The highest BCUT2D eigenvalue weighted by molar-refractivity contribution is 6.30. The van der Waals surface area contributed by atoms with E-state index in [1.165, 1.54) is 0 Å². The highest BCUT2D eigenvalue weighted by Gasteiger charge is 2.21. The van der Waals surface area contributed by atoms with Crippen molar-refractivity contribution in [3.8, 4) is 0 Å². The average Bonchev–Trinajstić information content (AvgIpc) is 2.52. The molecule has 3 aromatic rings. The summed E-state index contributed by atoms with van der Waals surface area (Å²) >= 11 is 6.00. The number of aliphatic carboxylic acids is 1. The summed E-state index contributed by atoms with van der Waals surface area (Å²) in [6.07, 6.45) is 0.441. The summed E-state index contributed by atoms with van der Waals surface area (Å²) in [6.45, 7) is 0. The predicted molar refractivity (Wildman–Crippen MR) is 89.5 cm³/mol. The lowest BCUT2D eigenvalue weighted by Crippen LogP contribution is -2.14. The van der Waals surface area contributed by atoms with Crippen LogP contribution >= 0.6 is 11.6 Å². The van der Waals surface area contributed by atoms with E-state index in [4.69, 9.17) is 11.6 Å². The molecule has 2 nitrogen and oxygen atoms in total. The lowest BCUT2D eigenvalue weighted by molar-refractivity contribution is -0.138. The molecular weight excluding hydrogens is 296 g/mol. The quantitative estimate of drug-likeness (QED) is 0.744. The molecule has 22 heavy (non-hydrogen) atoms. The third-order valence-corrected chi connectivity index (χ3v) is 4.09. The Balaban J connectivity index is 2.02. The van der Waals surface area contributed by atoms with Crippen molar-refractivity contribution in [1.29, 1.82) is 0 Å². The molecule has 0 aliphatic heterocycles. The normalized spacial score (nSPS) is 12.2. The smallest absolute Gasteiger partial charge is 0.311 e. The molecule has 0 aromatic heterocycles. The SMILES string of the molecule is O=C(O)C(Cc1cccc2ccccc12)c1cccc(Cl)c1. The number of rotatable bonds is 4. The fraction of sp³-hybridized carbons (Fsp3) is 0.105. The van der Waals surface area contributed by atoms with E-state index in [9.17, 15) is 9.90 Å². The van der Waals surface area contributed by atoms with Crippen molar-refractivity contribution >= 4 is 28.3 Å². The van der Waals surface area contributed by atoms with Gasteiger partial charge >= 0.3 is 5.97 Å². The van der Waals surface area contributed by atoms with Gasteiger partial charge in [0.05, 0.1) is 5.92 Å². The van der Waals surface area contributed by atoms with Crippen LogP contribution in [0.25, 0.3) is 10.8 Å². The molecule has 1 unspecified atom stereocenters. The van der Waals surface area contributed by atoms with Crippen molar-refractivity contribution < 1.29 is 9.90 Å². The Morgan fingerprint density at radius 2 is 1.73 bits per heavy atom. The zero-order valence-corrected chi connectivity index (χ0v) is 12.6. The average molecular weight is 311 g/mol. The second-order valence-corrected chi connectivity index (χ2v) is 5.72. The number of fused-ring (bicyclic) bond motifs is 1. The van der Waals surface area contributed by atoms with E-state index in [0.717, 1.165) is 21.9 Å². The number of carboxylic acids is 1. The molecule has 0 radical (unpaired) electrons. The molecule has 0 aliphatic rings. The highest BCUT2D eigenvalue weighted by Crippen LogP contribution is 2.27. The van der Waals surface area contributed by atoms with Gasteiger partial charge in [0.2, 0.25) is 0 Å². The first-order chi connectivity index (χ1) is 10.6. The fourth-order valence-corrected chi connectivity index (χ4v) is 2.96. The number of hydrogen-bond acceptors (Lipinski definition) is 1. The molecule has 110 valence electrons. The fourth-order valence-electron chi connectivity index (χ4n) is 2.76. The summed E-state index contributed by atoms with van der Waals surface area (Å²) in [5, 5.41) is 12.4. The second kappa shape index (κ2) is 6.20. The van der Waals surface area contributed by atoms with Gasteiger partial charge in [-0.2, -0.15) is 0 Å². The first kappa shape index (κ1) is 14.6. The molecule has 3 aromatic carbocycles. The van der Waals surface area contributed by atoms with Crippen LogP contribution in [0.2, 0.25) is 5.02 Å². The molecule has 1 N–H and O–H groups in total. The van der Waals surface area contributed by atoms with Gasteiger partial charge in [-0.1, -0.05) is 66.2 Å². The molecule has 0 saturated heterocycles. The molecule has 0 saturated carbocycles. The summed E-state index contributed by atoms with van der Waals surface area (Å²) in [7, 11) is 0. The Bertz CT molecular complexity index is 821. The largest absolute Gasteiger partial charge is 0.481 e. The molecule has 0 aliphatic carbocycles. The van der Waals surface area contributed by atoms with Crippen LogP contribution < -0.4 is 0 Å². The molecule has 0 spiro atoms. The summed E-state index contributed by atoms with van der Waals surface area (Å²) in [6, 6.07) is 21.1. The third kappa shape index (κ3) is 2.97. The third-order valence-electron chi connectivity index (χ3n) is 3.85. The van der Waals surface area contributed by atoms with E-state index in [0.29, 0.717) is 11.4 Å². The highest BCUT2D eigenvalue weighted by atomic mass is 35.5. The van der Waals surface area contributed by atoms with Crippen LogP contribution in [0.4, 0.5) is 0 Å². The molecule has 3 rings (SSSR count). The predicted octanol–water partition coefficient (Wildman–Crippen LogP) is 4.90. The van der Waals surface area contributed by atoms with Crippen molar-refractivity contribution in [2.75, 3.05) is 0 Å². The van der Waals surface area contributed by atoms with E-state index in [2.05, 4.69) is 0 Å². The minimum absolute atomic E-state index is 0.441. The molecule has 0 fully saturated rings. The van der Waals surface area contributed by atoms with Crippen LogP contribution in [0.3, 0.4) is 0 Å². The minimum Gasteiger partial charge on any atom is -0.481 e. The molecule has 3 heteroatoms. The number of halogens is 1. The number of carboxylic acid groups (broad SMARTS) is 1. The van der Waals surface area contributed by atoms with Gasteiger partial charge in [0.1, 0.15) is 0 Å². The van der Waals surface area contributed by atoms with Crippen molar-refractivity contribution in [3.05, 3.63) is 82.9 Å². The number of carbonyl (C=O) groups is 1. The van der Waals surface area contributed by atoms with Gasteiger partial charge in [0, 0.05) is 5.02 Å². The molecule has 0 amide bonds. The Morgan fingerprint density at radius 1 is 1.00 bits per heavy atom. The van der Waals surface area contributed by atoms with Crippen LogP contribution in [-0.2, 0) is 11.2 Å². The van der Waals surface area contributed by atoms with Crippen molar-refractivity contribution in [3.63, 3.8) is 0 Å². The van der Waals surface area contributed by atoms with Gasteiger partial charge < -0.3 is 5.11 Å². The van der Waals surface area contributed by atoms with E-state index in [-0.39, 0.29) is 0 Å². The summed E-state index contributed by atoms with van der Waals surface area (Å²) < 4.78 is 0. The molecule has 0 bridgehead atoms. The van der Waals surface area contributed by atoms with Crippen molar-refractivity contribution in [2.24, 2.45) is 0 Å². The van der Waals surface area contributed by atoms with Crippen LogP contribution in [0.1, 0.15) is 17.0 Å². The van der Waals surface area contributed by atoms with Gasteiger partial charge in [0.15, 0.2) is 0 Å². The monoisotopic (exact) mass is 310 g/mol. The Hall–Kier alpha value is -2.32. The molecule has 1 atom stereocenters. The summed E-state index contributed by atoms with van der Waals surface area (Å²) in [4.78, 5) is 11.7. The maximum absolute atomic E-state index is 11.7. The topological polar surface area (TPSA) is 37.3 Å². The number of hydrogen-bond donors (Lipinski definition) is 1. The Labute approximate surface area is 134 Å². The maximum Gasteiger partial charge on any atom is 0.311 e. The van der Waals surface area contributed by atoms with Crippen molar-refractivity contribution in [2.45, 2.75) is 12.3 Å². The lowest BCUT2D eigenvalue weighted by atomic mass is 9.90. The van der Waals surface area contributed by atoms with Crippen molar-refractivity contribution in [1.82, 2.24) is 0 Å². The zero-order valence-electron chi connectivity index (χ0n) is 11.9. The second-order valence-electron chi connectivity index (χ2n) is 5.29. The lowest BCUT2D eigenvalue weighted by Gasteiger charge is -2.15. The first-order valence-corrected chi connectivity index (χ1v) is 7.48. The van der Waals surface area contributed by atoms with E-state index in [1.54, 1.807) is 18.2 Å². The Kier molecular flexibility index (Phi) is 4.12. The molecular formula is C19H15ClO2. The Morgan fingerprint density at radius 3 is 2.50 bits per heavy atom. The molecule has 0 heterocycles. The van der Waals surface area contributed by atoms with E-state index < -0.39 is 11.9 Å². The summed E-state index contributed by atoms with van der Waals surface area (Å²) in [5.74, 6) is -1.44. The van der Waals surface area contributed by atoms with Crippen LogP contribution in [-0.4, -0.2) is 11.1 Å².